The molecule has 1 fully saturated rings. The lowest BCUT2D eigenvalue weighted by Gasteiger charge is -2.31. The van der Waals surface area contributed by atoms with Gasteiger partial charge in [0.05, 0.1) is 12.0 Å². The molecule has 1 aliphatic rings. The quantitative estimate of drug-likeness (QED) is 0.795. The van der Waals surface area contributed by atoms with Crippen LogP contribution in [0.15, 0.2) is 24.3 Å². The molecule has 1 atom stereocenters. The molecule has 1 aromatic rings. The van der Waals surface area contributed by atoms with Crippen LogP contribution in [0.1, 0.15) is 44.2 Å². The minimum Gasteiger partial charge on any atom is -0.508 e. The second-order valence-corrected chi connectivity index (χ2v) is 6.22. The van der Waals surface area contributed by atoms with Gasteiger partial charge in [0.25, 0.3) is 0 Å². The molecule has 1 aliphatic carbocycles. The number of phenols is 1. The van der Waals surface area contributed by atoms with Gasteiger partial charge in [-0.3, -0.25) is 4.79 Å². The van der Waals surface area contributed by atoms with Crippen LogP contribution in [0.3, 0.4) is 0 Å². The Morgan fingerprint density at radius 1 is 1.26 bits per heavy atom. The molecule has 0 radical (unpaired) electrons. The molecule has 0 saturated heterocycles. The third-order valence-corrected chi connectivity index (χ3v) is 4.66. The van der Waals surface area contributed by atoms with Crippen molar-refractivity contribution in [3.8, 4) is 5.75 Å². The number of carboxylic acids is 1. The predicted octanol–water partition coefficient (Wildman–Crippen LogP) is 2.74. The molecule has 0 aliphatic heterocycles. The van der Waals surface area contributed by atoms with Crippen LogP contribution in [0.4, 0.5) is 4.79 Å². The maximum absolute atomic E-state index is 12.4. The van der Waals surface area contributed by atoms with E-state index in [4.69, 9.17) is 5.11 Å². The highest BCUT2D eigenvalue weighted by atomic mass is 16.4. The van der Waals surface area contributed by atoms with Crippen LogP contribution in [0, 0.1) is 5.92 Å². The van der Waals surface area contributed by atoms with E-state index in [-0.39, 0.29) is 29.8 Å². The van der Waals surface area contributed by atoms with E-state index in [9.17, 15) is 14.7 Å². The maximum atomic E-state index is 12.4. The van der Waals surface area contributed by atoms with Crippen molar-refractivity contribution in [3.05, 3.63) is 29.8 Å². The Bertz CT molecular complexity index is 567. The zero-order chi connectivity index (χ0) is 17.0. The summed E-state index contributed by atoms with van der Waals surface area (Å²) in [5.74, 6) is -0.855. The standard InChI is InChI=1S/C17H24N2O4/c1-11(13-4-3-5-15(20)10-13)19(2)17(23)18-14-8-6-12(7-9-14)16(21)22/h3-5,10-12,14,20H,6-9H2,1-2H3,(H,18,23)(H,21,22). The molecule has 0 heterocycles. The molecule has 23 heavy (non-hydrogen) atoms. The number of benzene rings is 1. The average molecular weight is 320 g/mol. The summed E-state index contributed by atoms with van der Waals surface area (Å²) in [6.45, 7) is 1.90. The number of nitrogens with one attached hydrogen (secondary N) is 1. The molecule has 0 bridgehead atoms. The van der Waals surface area contributed by atoms with Crippen LogP contribution < -0.4 is 5.32 Å². The minimum atomic E-state index is -0.746. The molecule has 0 aromatic heterocycles. The molecule has 6 heteroatoms. The summed E-state index contributed by atoms with van der Waals surface area (Å²) in [7, 11) is 1.72. The molecule has 126 valence electrons. The van der Waals surface area contributed by atoms with E-state index in [1.54, 1.807) is 30.1 Å². The van der Waals surface area contributed by atoms with E-state index in [0.717, 1.165) is 5.56 Å². The Morgan fingerprint density at radius 2 is 1.91 bits per heavy atom. The first kappa shape index (κ1) is 17.1. The number of hydrogen-bond acceptors (Lipinski definition) is 3. The van der Waals surface area contributed by atoms with Gasteiger partial charge in [-0.05, 0) is 50.3 Å². The maximum Gasteiger partial charge on any atom is 0.317 e. The topological polar surface area (TPSA) is 89.9 Å². The average Bonchev–Trinajstić information content (AvgIpc) is 2.54. The number of rotatable bonds is 4. The predicted molar refractivity (Wildman–Crippen MR) is 86.2 cm³/mol. The SMILES string of the molecule is CC(c1cccc(O)c1)N(C)C(=O)NC1CCC(C(=O)O)CC1. The monoisotopic (exact) mass is 320 g/mol. The van der Waals surface area contributed by atoms with E-state index in [0.29, 0.717) is 25.7 Å². The van der Waals surface area contributed by atoms with E-state index < -0.39 is 5.97 Å². The number of aromatic hydroxyl groups is 1. The Kier molecular flexibility index (Phi) is 5.47. The van der Waals surface area contributed by atoms with Crippen molar-refractivity contribution in [2.75, 3.05) is 7.05 Å². The fourth-order valence-electron chi connectivity index (χ4n) is 2.95. The van der Waals surface area contributed by atoms with Crippen LogP contribution in [-0.4, -0.2) is 40.2 Å². The van der Waals surface area contributed by atoms with Crippen molar-refractivity contribution in [1.82, 2.24) is 10.2 Å². The first-order chi connectivity index (χ1) is 10.9. The van der Waals surface area contributed by atoms with Crippen LogP contribution in [0.25, 0.3) is 0 Å². The summed E-state index contributed by atoms with van der Waals surface area (Å²) in [6, 6.07) is 6.53. The van der Waals surface area contributed by atoms with Gasteiger partial charge in [0, 0.05) is 13.1 Å². The highest BCUT2D eigenvalue weighted by molar-refractivity contribution is 5.75. The van der Waals surface area contributed by atoms with Gasteiger partial charge in [0.2, 0.25) is 0 Å². The number of carbonyl (C=O) groups excluding carboxylic acids is 1. The van der Waals surface area contributed by atoms with Crippen molar-refractivity contribution in [2.45, 2.75) is 44.7 Å². The molecule has 6 nitrogen and oxygen atoms in total. The summed E-state index contributed by atoms with van der Waals surface area (Å²) in [6.07, 6.45) is 2.59. The van der Waals surface area contributed by atoms with E-state index in [1.807, 2.05) is 13.0 Å². The van der Waals surface area contributed by atoms with Gasteiger partial charge in [-0.25, -0.2) is 4.79 Å². The Hall–Kier alpha value is -2.24. The van der Waals surface area contributed by atoms with Gasteiger partial charge in [0.1, 0.15) is 5.75 Å². The van der Waals surface area contributed by atoms with Crippen molar-refractivity contribution in [2.24, 2.45) is 5.92 Å². The lowest BCUT2D eigenvalue weighted by atomic mass is 9.86. The Labute approximate surface area is 136 Å². The first-order valence-electron chi connectivity index (χ1n) is 7.93. The largest absolute Gasteiger partial charge is 0.508 e. The van der Waals surface area contributed by atoms with E-state index >= 15 is 0 Å². The zero-order valence-corrected chi connectivity index (χ0v) is 13.5. The number of phenolic OH excluding ortho intramolecular Hbond substituents is 1. The molecule has 1 unspecified atom stereocenters. The van der Waals surface area contributed by atoms with Gasteiger partial charge in [-0.1, -0.05) is 12.1 Å². The normalized spacial score (nSPS) is 22.2. The fourth-order valence-corrected chi connectivity index (χ4v) is 2.95. The highest BCUT2D eigenvalue weighted by Crippen LogP contribution is 2.26. The summed E-state index contributed by atoms with van der Waals surface area (Å²) in [4.78, 5) is 24.9. The smallest absolute Gasteiger partial charge is 0.317 e. The summed E-state index contributed by atoms with van der Waals surface area (Å²) in [5.41, 5.74) is 0.859. The van der Waals surface area contributed by atoms with Crippen molar-refractivity contribution in [1.29, 1.82) is 0 Å². The second-order valence-electron chi connectivity index (χ2n) is 6.22. The number of nitrogens with zero attached hydrogens (tertiary/aromatic N) is 1. The lowest BCUT2D eigenvalue weighted by molar-refractivity contribution is -0.142. The van der Waals surface area contributed by atoms with Gasteiger partial charge < -0.3 is 20.4 Å². The van der Waals surface area contributed by atoms with Gasteiger partial charge in [-0.15, -0.1) is 0 Å². The van der Waals surface area contributed by atoms with Crippen LogP contribution in [-0.2, 0) is 4.79 Å². The molecule has 3 N–H and O–H groups in total. The van der Waals surface area contributed by atoms with Crippen molar-refractivity contribution in [3.63, 3.8) is 0 Å². The molecule has 1 saturated carbocycles. The van der Waals surface area contributed by atoms with Crippen molar-refractivity contribution >= 4 is 12.0 Å². The van der Waals surface area contributed by atoms with Crippen LogP contribution in [0.5, 0.6) is 5.75 Å². The van der Waals surface area contributed by atoms with E-state index in [1.165, 1.54) is 0 Å². The van der Waals surface area contributed by atoms with Gasteiger partial charge in [-0.2, -0.15) is 0 Å². The molecule has 2 amide bonds. The highest BCUT2D eigenvalue weighted by Gasteiger charge is 2.28. The molecular weight excluding hydrogens is 296 g/mol. The van der Waals surface area contributed by atoms with Crippen LogP contribution in [0.2, 0.25) is 0 Å². The number of aliphatic carboxylic acids is 1. The third-order valence-electron chi connectivity index (χ3n) is 4.66. The summed E-state index contributed by atoms with van der Waals surface area (Å²) in [5, 5.41) is 21.5. The second kappa shape index (κ2) is 7.35. The molecule has 0 spiro atoms. The first-order valence-corrected chi connectivity index (χ1v) is 7.93. The Balaban J connectivity index is 1.89. The Morgan fingerprint density at radius 3 is 2.48 bits per heavy atom. The molecule has 2 rings (SSSR count). The number of urea groups is 1. The molecular formula is C17H24N2O4. The van der Waals surface area contributed by atoms with Crippen molar-refractivity contribution < 1.29 is 19.8 Å². The van der Waals surface area contributed by atoms with Gasteiger partial charge >= 0.3 is 12.0 Å². The number of amides is 2. The summed E-state index contributed by atoms with van der Waals surface area (Å²) < 4.78 is 0. The summed E-state index contributed by atoms with van der Waals surface area (Å²) >= 11 is 0. The van der Waals surface area contributed by atoms with Crippen LogP contribution >= 0.6 is 0 Å². The van der Waals surface area contributed by atoms with Gasteiger partial charge in [0.15, 0.2) is 0 Å². The molecule has 1 aromatic carbocycles. The lowest BCUT2D eigenvalue weighted by Crippen LogP contribution is -2.45. The third kappa shape index (κ3) is 4.37. The number of carbonyl (C=O) groups is 2. The fraction of sp³-hybridized carbons (Fsp3) is 0.529. The van der Waals surface area contributed by atoms with E-state index in [2.05, 4.69) is 5.32 Å². The zero-order valence-electron chi connectivity index (χ0n) is 13.5. The number of carboxylic acid groups (broad SMARTS) is 1. The number of hydrogen-bond donors (Lipinski definition) is 3. The minimum absolute atomic E-state index is 0.0249.